The summed E-state index contributed by atoms with van der Waals surface area (Å²) in [6.45, 7) is 0.689. The van der Waals surface area contributed by atoms with Gasteiger partial charge in [-0.05, 0) is 23.3 Å². The van der Waals surface area contributed by atoms with Gasteiger partial charge in [0, 0.05) is 6.54 Å². The monoisotopic (exact) mass is 297 g/mol. The number of hydrogen-bond donors (Lipinski definition) is 1. The van der Waals surface area contributed by atoms with E-state index in [1.165, 1.54) is 0 Å². The number of carbonyl (C=O) groups is 1. The van der Waals surface area contributed by atoms with Crippen LogP contribution in [0, 0.1) is 0 Å². The summed E-state index contributed by atoms with van der Waals surface area (Å²) in [5.41, 5.74) is 2.01. The molecule has 0 atom stereocenters. The second kappa shape index (κ2) is 8.52. The van der Waals surface area contributed by atoms with Crippen molar-refractivity contribution >= 4 is 12.2 Å². The molecule has 2 aromatic carbocycles. The number of amides is 1. The molecule has 0 aliphatic rings. The van der Waals surface area contributed by atoms with Crippen LogP contribution in [0.4, 0.5) is 4.79 Å². The van der Waals surface area contributed by atoms with Crippen molar-refractivity contribution in [3.05, 3.63) is 71.8 Å². The van der Waals surface area contributed by atoms with Crippen LogP contribution in [0.25, 0.3) is 6.08 Å². The Hall–Kier alpha value is -2.75. The molecule has 2 rings (SSSR count). The molecule has 0 saturated heterocycles. The summed E-state index contributed by atoms with van der Waals surface area (Å²) < 4.78 is 10.2. The highest BCUT2D eigenvalue weighted by atomic mass is 16.5. The molecule has 0 spiro atoms. The summed E-state index contributed by atoms with van der Waals surface area (Å²) >= 11 is 0. The van der Waals surface area contributed by atoms with E-state index < -0.39 is 6.09 Å². The number of alkyl carbamates (subject to hydrolysis) is 1. The van der Waals surface area contributed by atoms with Crippen molar-refractivity contribution in [3.8, 4) is 5.75 Å². The number of rotatable bonds is 6. The van der Waals surface area contributed by atoms with Gasteiger partial charge in [0.2, 0.25) is 0 Å². The molecule has 22 heavy (non-hydrogen) atoms. The van der Waals surface area contributed by atoms with Gasteiger partial charge in [-0.2, -0.15) is 0 Å². The van der Waals surface area contributed by atoms with Crippen molar-refractivity contribution in [2.24, 2.45) is 0 Å². The fourth-order valence-electron chi connectivity index (χ4n) is 1.83. The highest BCUT2D eigenvalue weighted by Crippen LogP contribution is 2.12. The average Bonchev–Trinajstić information content (AvgIpc) is 2.58. The smallest absolute Gasteiger partial charge is 0.407 e. The molecule has 0 aliphatic heterocycles. The van der Waals surface area contributed by atoms with Gasteiger partial charge in [-0.3, -0.25) is 0 Å². The van der Waals surface area contributed by atoms with Crippen LogP contribution in [-0.2, 0) is 11.3 Å². The molecule has 4 nitrogen and oxygen atoms in total. The van der Waals surface area contributed by atoms with Gasteiger partial charge < -0.3 is 14.8 Å². The van der Waals surface area contributed by atoms with Crippen LogP contribution in [0.1, 0.15) is 11.1 Å². The van der Waals surface area contributed by atoms with Gasteiger partial charge in [0.1, 0.15) is 12.4 Å². The number of benzene rings is 2. The van der Waals surface area contributed by atoms with Crippen molar-refractivity contribution < 1.29 is 14.3 Å². The Balaban J connectivity index is 1.68. The maximum absolute atomic E-state index is 11.5. The van der Waals surface area contributed by atoms with Crippen molar-refractivity contribution in [1.29, 1.82) is 0 Å². The van der Waals surface area contributed by atoms with Crippen LogP contribution in [0.15, 0.2) is 60.7 Å². The van der Waals surface area contributed by atoms with E-state index in [1.54, 1.807) is 7.11 Å². The second-order valence-electron chi connectivity index (χ2n) is 4.62. The number of nitrogens with one attached hydrogen (secondary N) is 1. The molecule has 114 valence electrons. The lowest BCUT2D eigenvalue weighted by atomic mass is 10.2. The molecule has 1 amide bonds. The standard InChI is InChI=1S/C18H19NO3/c1-21-17-11-9-15(10-12-17)8-5-13-19-18(20)22-14-16-6-3-2-4-7-16/h2-12H,13-14H2,1H3,(H,19,20). The molecule has 0 aromatic heterocycles. The van der Waals surface area contributed by atoms with Crippen LogP contribution in [0.5, 0.6) is 5.75 Å². The zero-order valence-corrected chi connectivity index (χ0v) is 12.5. The number of hydrogen-bond acceptors (Lipinski definition) is 3. The minimum Gasteiger partial charge on any atom is -0.497 e. The lowest BCUT2D eigenvalue weighted by Gasteiger charge is -2.05. The van der Waals surface area contributed by atoms with Crippen molar-refractivity contribution in [1.82, 2.24) is 5.32 Å². The topological polar surface area (TPSA) is 47.6 Å². The molecule has 0 heterocycles. The number of ether oxygens (including phenoxy) is 2. The highest BCUT2D eigenvalue weighted by molar-refractivity contribution is 5.67. The maximum Gasteiger partial charge on any atom is 0.407 e. The SMILES string of the molecule is COc1ccc(C=CCNC(=O)OCc2ccccc2)cc1. The lowest BCUT2D eigenvalue weighted by Crippen LogP contribution is -2.24. The summed E-state index contributed by atoms with van der Waals surface area (Å²) in [6.07, 6.45) is 3.37. The molecule has 0 saturated carbocycles. The summed E-state index contributed by atoms with van der Waals surface area (Å²) in [7, 11) is 1.63. The van der Waals surface area contributed by atoms with E-state index in [2.05, 4.69) is 5.32 Å². The first-order valence-corrected chi connectivity index (χ1v) is 7.03. The Morgan fingerprint density at radius 2 is 1.82 bits per heavy atom. The maximum atomic E-state index is 11.5. The van der Waals surface area contributed by atoms with Crippen LogP contribution < -0.4 is 10.1 Å². The first-order chi connectivity index (χ1) is 10.8. The van der Waals surface area contributed by atoms with E-state index in [0.717, 1.165) is 16.9 Å². The quantitative estimate of drug-likeness (QED) is 0.885. The van der Waals surface area contributed by atoms with E-state index >= 15 is 0 Å². The van der Waals surface area contributed by atoms with E-state index in [9.17, 15) is 4.79 Å². The molecule has 4 heteroatoms. The van der Waals surface area contributed by atoms with Gasteiger partial charge in [-0.1, -0.05) is 54.6 Å². The minimum absolute atomic E-state index is 0.273. The highest BCUT2D eigenvalue weighted by Gasteiger charge is 2.00. The zero-order valence-electron chi connectivity index (χ0n) is 12.5. The molecular weight excluding hydrogens is 278 g/mol. The Kier molecular flexibility index (Phi) is 6.05. The molecule has 0 bridgehead atoms. The second-order valence-corrected chi connectivity index (χ2v) is 4.62. The van der Waals surface area contributed by atoms with Crippen LogP contribution in [-0.4, -0.2) is 19.7 Å². The third-order valence-corrected chi connectivity index (χ3v) is 3.00. The van der Waals surface area contributed by atoms with E-state index in [1.807, 2.05) is 66.7 Å². The van der Waals surface area contributed by atoms with Gasteiger partial charge in [0.15, 0.2) is 0 Å². The molecule has 0 aliphatic carbocycles. The number of methoxy groups -OCH3 is 1. The first kappa shape index (κ1) is 15.6. The fraction of sp³-hybridized carbons (Fsp3) is 0.167. The van der Waals surface area contributed by atoms with Crippen LogP contribution >= 0.6 is 0 Å². The Bertz CT molecular complexity index is 606. The summed E-state index contributed by atoms with van der Waals surface area (Å²) in [5, 5.41) is 2.67. The Morgan fingerprint density at radius 1 is 1.09 bits per heavy atom. The molecule has 0 radical (unpaired) electrons. The minimum atomic E-state index is -0.428. The van der Waals surface area contributed by atoms with E-state index in [0.29, 0.717) is 6.54 Å². The predicted octanol–water partition coefficient (Wildman–Crippen LogP) is 3.63. The van der Waals surface area contributed by atoms with Crippen molar-refractivity contribution in [2.75, 3.05) is 13.7 Å². The summed E-state index contributed by atoms with van der Waals surface area (Å²) in [5.74, 6) is 0.819. The molecule has 0 fully saturated rings. The Labute approximate surface area is 130 Å². The van der Waals surface area contributed by atoms with Gasteiger partial charge >= 0.3 is 6.09 Å². The van der Waals surface area contributed by atoms with Crippen molar-refractivity contribution in [3.63, 3.8) is 0 Å². The molecule has 2 aromatic rings. The normalized spacial score (nSPS) is 10.4. The zero-order chi connectivity index (χ0) is 15.6. The third-order valence-electron chi connectivity index (χ3n) is 3.00. The predicted molar refractivity (Wildman–Crippen MR) is 86.7 cm³/mol. The molecule has 1 N–H and O–H groups in total. The molecule has 0 unspecified atom stereocenters. The van der Waals surface area contributed by atoms with Crippen LogP contribution in [0.3, 0.4) is 0 Å². The van der Waals surface area contributed by atoms with E-state index in [-0.39, 0.29) is 6.61 Å². The summed E-state index contributed by atoms with van der Waals surface area (Å²) in [6, 6.07) is 17.2. The van der Waals surface area contributed by atoms with E-state index in [4.69, 9.17) is 9.47 Å². The van der Waals surface area contributed by atoms with Gasteiger partial charge in [0.05, 0.1) is 7.11 Å². The lowest BCUT2D eigenvalue weighted by molar-refractivity contribution is 0.141. The summed E-state index contributed by atoms with van der Waals surface area (Å²) in [4.78, 5) is 11.5. The first-order valence-electron chi connectivity index (χ1n) is 7.03. The average molecular weight is 297 g/mol. The number of carbonyl (C=O) groups excluding carboxylic acids is 1. The molecular formula is C18H19NO3. The van der Waals surface area contributed by atoms with Gasteiger partial charge in [0.25, 0.3) is 0 Å². The third kappa shape index (κ3) is 5.32. The largest absolute Gasteiger partial charge is 0.497 e. The van der Waals surface area contributed by atoms with Gasteiger partial charge in [-0.25, -0.2) is 4.79 Å². The van der Waals surface area contributed by atoms with Gasteiger partial charge in [-0.15, -0.1) is 0 Å². The van der Waals surface area contributed by atoms with Crippen LogP contribution in [0.2, 0.25) is 0 Å². The fourth-order valence-corrected chi connectivity index (χ4v) is 1.83. The Morgan fingerprint density at radius 3 is 2.50 bits per heavy atom. The van der Waals surface area contributed by atoms with Crippen molar-refractivity contribution in [2.45, 2.75) is 6.61 Å².